The van der Waals surface area contributed by atoms with Crippen LogP contribution in [0.15, 0.2) is 82.2 Å². The van der Waals surface area contributed by atoms with Crippen LogP contribution in [0, 0.1) is 6.92 Å². The van der Waals surface area contributed by atoms with E-state index >= 15 is 0 Å². The molecule has 156 valence electrons. The molecule has 2 aromatic heterocycles. The van der Waals surface area contributed by atoms with Crippen LogP contribution in [0.1, 0.15) is 27.2 Å². The third-order valence-electron chi connectivity index (χ3n) is 4.66. The van der Waals surface area contributed by atoms with Crippen molar-refractivity contribution in [1.82, 2.24) is 9.38 Å². The maximum absolute atomic E-state index is 12.7. The molecule has 0 amide bonds. The molecule has 0 saturated carbocycles. The fourth-order valence-electron chi connectivity index (χ4n) is 3.08. The SMILES string of the molecule is Cc1ccc2nc(COC(=O)c3ccccc3OCc3ccccc3Br)cc(=O)n2c1. The van der Waals surface area contributed by atoms with Gasteiger partial charge in [-0.15, -0.1) is 0 Å². The largest absolute Gasteiger partial charge is 0.488 e. The van der Waals surface area contributed by atoms with Crippen LogP contribution in [-0.2, 0) is 18.0 Å². The number of nitrogens with zero attached hydrogens (tertiary/aromatic N) is 2. The van der Waals surface area contributed by atoms with E-state index < -0.39 is 5.97 Å². The Morgan fingerprint density at radius 1 is 1.03 bits per heavy atom. The van der Waals surface area contributed by atoms with Crippen molar-refractivity contribution in [3.63, 3.8) is 0 Å². The predicted octanol–water partition coefficient (Wildman–Crippen LogP) is 4.70. The summed E-state index contributed by atoms with van der Waals surface area (Å²) in [6.07, 6.45) is 1.72. The molecular weight excluding hydrogens is 460 g/mol. The van der Waals surface area contributed by atoms with Gasteiger partial charge in [-0.25, -0.2) is 9.78 Å². The van der Waals surface area contributed by atoms with Gasteiger partial charge in [0.1, 0.15) is 30.2 Å². The van der Waals surface area contributed by atoms with E-state index in [-0.39, 0.29) is 12.2 Å². The van der Waals surface area contributed by atoms with Gasteiger partial charge in [-0.05, 0) is 36.8 Å². The number of aryl methyl sites for hydroxylation is 1. The van der Waals surface area contributed by atoms with Gasteiger partial charge < -0.3 is 9.47 Å². The van der Waals surface area contributed by atoms with Gasteiger partial charge in [0.15, 0.2) is 0 Å². The number of aromatic nitrogens is 2. The molecule has 2 heterocycles. The van der Waals surface area contributed by atoms with E-state index in [0.717, 1.165) is 15.6 Å². The number of rotatable bonds is 6. The molecule has 2 aromatic carbocycles. The highest BCUT2D eigenvalue weighted by Gasteiger charge is 2.15. The van der Waals surface area contributed by atoms with Crippen molar-refractivity contribution in [1.29, 1.82) is 0 Å². The minimum atomic E-state index is -0.548. The Morgan fingerprint density at radius 2 is 1.81 bits per heavy atom. The van der Waals surface area contributed by atoms with Crippen LogP contribution in [0.3, 0.4) is 0 Å². The molecule has 0 aliphatic carbocycles. The predicted molar refractivity (Wildman–Crippen MR) is 120 cm³/mol. The number of halogens is 1. The van der Waals surface area contributed by atoms with Crippen molar-refractivity contribution in [2.24, 2.45) is 0 Å². The second kappa shape index (κ2) is 9.14. The second-order valence-corrected chi connectivity index (χ2v) is 7.83. The molecule has 6 nitrogen and oxygen atoms in total. The van der Waals surface area contributed by atoms with Gasteiger partial charge in [0.25, 0.3) is 5.56 Å². The minimum absolute atomic E-state index is 0.114. The van der Waals surface area contributed by atoms with Crippen LogP contribution in [0.2, 0.25) is 0 Å². The lowest BCUT2D eigenvalue weighted by atomic mass is 10.2. The summed E-state index contributed by atoms with van der Waals surface area (Å²) >= 11 is 3.49. The zero-order chi connectivity index (χ0) is 21.8. The van der Waals surface area contributed by atoms with Gasteiger partial charge in [0, 0.05) is 22.3 Å². The Kier molecular flexibility index (Phi) is 6.13. The smallest absolute Gasteiger partial charge is 0.342 e. The molecule has 0 bridgehead atoms. The van der Waals surface area contributed by atoms with Gasteiger partial charge in [-0.2, -0.15) is 0 Å². The number of para-hydroxylation sites is 1. The van der Waals surface area contributed by atoms with E-state index in [9.17, 15) is 9.59 Å². The number of carbonyl (C=O) groups is 1. The van der Waals surface area contributed by atoms with E-state index in [4.69, 9.17) is 9.47 Å². The van der Waals surface area contributed by atoms with E-state index in [1.54, 1.807) is 36.5 Å². The normalized spacial score (nSPS) is 10.8. The van der Waals surface area contributed by atoms with Crippen LogP contribution >= 0.6 is 15.9 Å². The maximum atomic E-state index is 12.7. The number of fused-ring (bicyclic) bond motifs is 1. The lowest BCUT2D eigenvalue weighted by molar-refractivity contribution is 0.0462. The maximum Gasteiger partial charge on any atom is 0.342 e. The van der Waals surface area contributed by atoms with Crippen molar-refractivity contribution in [2.75, 3.05) is 0 Å². The average Bonchev–Trinajstić information content (AvgIpc) is 2.77. The van der Waals surface area contributed by atoms with Crippen LogP contribution in [0.4, 0.5) is 0 Å². The number of hydrogen-bond donors (Lipinski definition) is 0. The summed E-state index contributed by atoms with van der Waals surface area (Å²) in [6.45, 7) is 2.09. The fourth-order valence-corrected chi connectivity index (χ4v) is 3.48. The molecule has 7 heteroatoms. The number of ether oxygens (including phenoxy) is 2. The average molecular weight is 479 g/mol. The molecule has 0 aliphatic rings. The van der Waals surface area contributed by atoms with E-state index in [1.165, 1.54) is 10.5 Å². The third kappa shape index (κ3) is 4.83. The Bertz CT molecular complexity index is 1320. The molecule has 0 aliphatic heterocycles. The third-order valence-corrected chi connectivity index (χ3v) is 5.43. The van der Waals surface area contributed by atoms with E-state index in [2.05, 4.69) is 20.9 Å². The van der Waals surface area contributed by atoms with Crippen molar-refractivity contribution >= 4 is 27.5 Å². The van der Waals surface area contributed by atoms with Crippen molar-refractivity contribution < 1.29 is 14.3 Å². The molecule has 0 spiro atoms. The molecule has 0 unspecified atom stereocenters. The standard InChI is InChI=1S/C24H19BrN2O4/c1-16-10-11-22-26-18(12-23(28)27(22)13-16)15-31-24(29)19-7-3-5-9-21(19)30-14-17-6-2-4-8-20(17)25/h2-13H,14-15H2,1H3. The Labute approximate surface area is 187 Å². The van der Waals surface area contributed by atoms with Crippen LogP contribution in [-0.4, -0.2) is 15.4 Å². The first-order valence-electron chi connectivity index (χ1n) is 9.62. The van der Waals surface area contributed by atoms with Gasteiger partial charge in [0.2, 0.25) is 0 Å². The number of carbonyl (C=O) groups excluding carboxylic acids is 1. The van der Waals surface area contributed by atoms with Crippen LogP contribution in [0.5, 0.6) is 5.75 Å². The first kappa shape index (κ1) is 20.8. The highest BCUT2D eigenvalue weighted by molar-refractivity contribution is 9.10. The summed E-state index contributed by atoms with van der Waals surface area (Å²) in [5.74, 6) is -0.126. The Hall–Kier alpha value is -3.45. The number of pyridine rings is 1. The molecule has 0 radical (unpaired) electrons. The van der Waals surface area contributed by atoms with Gasteiger partial charge in [-0.3, -0.25) is 9.20 Å². The quantitative estimate of drug-likeness (QED) is 0.375. The minimum Gasteiger partial charge on any atom is -0.488 e. The van der Waals surface area contributed by atoms with Crippen LogP contribution in [0.25, 0.3) is 5.65 Å². The molecular formula is C24H19BrN2O4. The summed E-state index contributed by atoms with van der Waals surface area (Å²) < 4.78 is 13.7. The highest BCUT2D eigenvalue weighted by Crippen LogP contribution is 2.23. The van der Waals surface area contributed by atoms with Gasteiger partial charge in [0.05, 0.1) is 5.69 Å². The molecule has 0 fully saturated rings. The highest BCUT2D eigenvalue weighted by atomic mass is 79.9. The van der Waals surface area contributed by atoms with Crippen LogP contribution < -0.4 is 10.3 Å². The fraction of sp³-hybridized carbons (Fsp3) is 0.125. The summed E-state index contributed by atoms with van der Waals surface area (Å²) in [4.78, 5) is 29.4. The van der Waals surface area contributed by atoms with Crippen molar-refractivity contribution in [3.8, 4) is 5.75 Å². The summed E-state index contributed by atoms with van der Waals surface area (Å²) in [5.41, 5.74) is 2.88. The lowest BCUT2D eigenvalue weighted by Gasteiger charge is -2.12. The first-order valence-corrected chi connectivity index (χ1v) is 10.4. The number of esters is 1. The number of benzene rings is 2. The molecule has 4 rings (SSSR count). The molecule has 0 N–H and O–H groups in total. The topological polar surface area (TPSA) is 69.9 Å². The Morgan fingerprint density at radius 3 is 2.65 bits per heavy atom. The zero-order valence-electron chi connectivity index (χ0n) is 16.7. The first-order chi connectivity index (χ1) is 15.0. The van der Waals surface area contributed by atoms with Crippen molar-refractivity contribution in [3.05, 3.63) is 110 Å². The Balaban J connectivity index is 1.48. The molecule has 0 saturated heterocycles. The van der Waals surface area contributed by atoms with Crippen molar-refractivity contribution in [2.45, 2.75) is 20.1 Å². The monoisotopic (exact) mass is 478 g/mol. The zero-order valence-corrected chi connectivity index (χ0v) is 18.3. The molecule has 31 heavy (non-hydrogen) atoms. The molecule has 0 atom stereocenters. The molecule has 4 aromatic rings. The lowest BCUT2D eigenvalue weighted by Crippen LogP contribution is -2.17. The number of hydrogen-bond acceptors (Lipinski definition) is 5. The van der Waals surface area contributed by atoms with E-state index in [1.807, 2.05) is 37.3 Å². The summed E-state index contributed by atoms with van der Waals surface area (Å²) in [7, 11) is 0. The van der Waals surface area contributed by atoms with E-state index in [0.29, 0.717) is 29.3 Å². The summed E-state index contributed by atoms with van der Waals surface area (Å²) in [5, 5.41) is 0. The van der Waals surface area contributed by atoms with Gasteiger partial charge >= 0.3 is 5.97 Å². The summed E-state index contributed by atoms with van der Waals surface area (Å²) in [6, 6.07) is 19.6. The second-order valence-electron chi connectivity index (χ2n) is 6.97. The van der Waals surface area contributed by atoms with Gasteiger partial charge in [-0.1, -0.05) is 52.3 Å².